The summed E-state index contributed by atoms with van der Waals surface area (Å²) in [4.78, 5) is 24.6. The number of amides is 1. The predicted octanol–water partition coefficient (Wildman–Crippen LogP) is 1.88. The maximum atomic E-state index is 12.0. The standard InChI is InChI=1S/C16H24N2O3/c1-3-13(2)18(10-9-16(20)21)12-15(19)17-11-14-7-5-4-6-8-14/h4-8,13H,3,9-12H2,1-2H3,(H,17,19)(H,20,21). The van der Waals surface area contributed by atoms with Gasteiger partial charge in [0.05, 0.1) is 13.0 Å². The predicted molar refractivity (Wildman–Crippen MR) is 81.9 cm³/mol. The van der Waals surface area contributed by atoms with Crippen LogP contribution in [0.3, 0.4) is 0 Å². The van der Waals surface area contributed by atoms with Crippen LogP contribution in [0.2, 0.25) is 0 Å². The molecule has 0 bridgehead atoms. The number of nitrogens with one attached hydrogen (secondary N) is 1. The first-order valence-electron chi connectivity index (χ1n) is 7.29. The maximum Gasteiger partial charge on any atom is 0.304 e. The monoisotopic (exact) mass is 292 g/mol. The number of carboxylic acid groups (broad SMARTS) is 1. The molecule has 1 unspecified atom stereocenters. The lowest BCUT2D eigenvalue weighted by Crippen LogP contribution is -2.42. The molecule has 5 nitrogen and oxygen atoms in total. The van der Waals surface area contributed by atoms with Crippen molar-refractivity contribution in [1.29, 1.82) is 0 Å². The third-order valence-corrected chi connectivity index (χ3v) is 3.51. The van der Waals surface area contributed by atoms with Crippen molar-refractivity contribution >= 4 is 11.9 Å². The zero-order valence-electron chi connectivity index (χ0n) is 12.7. The second-order valence-corrected chi connectivity index (χ2v) is 5.13. The number of benzene rings is 1. The molecule has 2 N–H and O–H groups in total. The Hall–Kier alpha value is -1.88. The average molecular weight is 292 g/mol. The quantitative estimate of drug-likeness (QED) is 0.729. The molecular formula is C16H24N2O3. The van der Waals surface area contributed by atoms with E-state index in [1.54, 1.807) is 0 Å². The Labute approximate surface area is 126 Å². The van der Waals surface area contributed by atoms with Crippen LogP contribution in [0.1, 0.15) is 32.3 Å². The molecule has 0 heterocycles. The second kappa shape index (κ2) is 9.13. The normalized spacial score (nSPS) is 12.1. The van der Waals surface area contributed by atoms with Crippen molar-refractivity contribution in [1.82, 2.24) is 10.2 Å². The molecule has 1 atom stereocenters. The molecule has 21 heavy (non-hydrogen) atoms. The summed E-state index contributed by atoms with van der Waals surface area (Å²) in [5.74, 6) is -0.919. The van der Waals surface area contributed by atoms with E-state index in [4.69, 9.17) is 5.11 Å². The summed E-state index contributed by atoms with van der Waals surface area (Å²) in [5.41, 5.74) is 1.05. The van der Waals surface area contributed by atoms with E-state index >= 15 is 0 Å². The summed E-state index contributed by atoms with van der Waals surface area (Å²) in [6, 6.07) is 9.89. The highest BCUT2D eigenvalue weighted by Gasteiger charge is 2.16. The largest absolute Gasteiger partial charge is 0.481 e. The van der Waals surface area contributed by atoms with Gasteiger partial charge in [0.1, 0.15) is 0 Å². The second-order valence-electron chi connectivity index (χ2n) is 5.13. The number of rotatable bonds is 9. The van der Waals surface area contributed by atoms with Crippen LogP contribution in [-0.2, 0) is 16.1 Å². The Bertz CT molecular complexity index is 448. The molecule has 1 amide bonds. The van der Waals surface area contributed by atoms with Gasteiger partial charge in [0.15, 0.2) is 0 Å². The number of carbonyl (C=O) groups excluding carboxylic acids is 1. The molecular weight excluding hydrogens is 268 g/mol. The molecule has 0 fully saturated rings. The molecule has 0 aliphatic rings. The number of hydrogen-bond acceptors (Lipinski definition) is 3. The van der Waals surface area contributed by atoms with Crippen LogP contribution in [0, 0.1) is 0 Å². The highest BCUT2D eigenvalue weighted by atomic mass is 16.4. The Morgan fingerprint density at radius 3 is 2.52 bits per heavy atom. The van der Waals surface area contributed by atoms with Crippen molar-refractivity contribution in [2.45, 2.75) is 39.3 Å². The van der Waals surface area contributed by atoms with Gasteiger partial charge in [0.2, 0.25) is 5.91 Å². The molecule has 0 radical (unpaired) electrons. The van der Waals surface area contributed by atoms with Crippen molar-refractivity contribution in [3.8, 4) is 0 Å². The Morgan fingerprint density at radius 1 is 1.29 bits per heavy atom. The van der Waals surface area contributed by atoms with Crippen LogP contribution in [0.25, 0.3) is 0 Å². The smallest absolute Gasteiger partial charge is 0.304 e. The molecule has 116 valence electrons. The first-order valence-corrected chi connectivity index (χ1v) is 7.29. The molecule has 1 aromatic carbocycles. The number of carbonyl (C=O) groups is 2. The van der Waals surface area contributed by atoms with Crippen LogP contribution in [0.15, 0.2) is 30.3 Å². The van der Waals surface area contributed by atoms with E-state index in [1.807, 2.05) is 49.1 Å². The van der Waals surface area contributed by atoms with Crippen LogP contribution in [-0.4, -0.2) is 41.0 Å². The molecule has 0 saturated heterocycles. The zero-order valence-corrected chi connectivity index (χ0v) is 12.7. The first kappa shape index (κ1) is 17.2. The fourth-order valence-corrected chi connectivity index (χ4v) is 1.99. The molecule has 1 aromatic rings. The van der Waals surface area contributed by atoms with Crippen molar-refractivity contribution in [3.63, 3.8) is 0 Å². The lowest BCUT2D eigenvalue weighted by Gasteiger charge is -2.27. The van der Waals surface area contributed by atoms with Crippen LogP contribution >= 0.6 is 0 Å². The fourth-order valence-electron chi connectivity index (χ4n) is 1.99. The number of aliphatic carboxylic acids is 1. The molecule has 0 saturated carbocycles. The van der Waals surface area contributed by atoms with Gasteiger partial charge in [-0.2, -0.15) is 0 Å². The van der Waals surface area contributed by atoms with E-state index in [0.717, 1.165) is 12.0 Å². The molecule has 0 spiro atoms. The van der Waals surface area contributed by atoms with E-state index in [2.05, 4.69) is 5.32 Å². The third kappa shape index (κ3) is 6.90. The topological polar surface area (TPSA) is 69.6 Å². The Morgan fingerprint density at radius 2 is 1.95 bits per heavy atom. The SMILES string of the molecule is CCC(C)N(CCC(=O)O)CC(=O)NCc1ccccc1. The van der Waals surface area contributed by atoms with Crippen LogP contribution in [0.5, 0.6) is 0 Å². The first-order chi connectivity index (χ1) is 10.0. The Kier molecular flexibility index (Phi) is 7.46. The van der Waals surface area contributed by atoms with Gasteiger partial charge in [-0.25, -0.2) is 0 Å². The Balaban J connectivity index is 2.45. The summed E-state index contributed by atoms with van der Waals surface area (Å²) in [7, 11) is 0. The molecule has 0 aliphatic heterocycles. The van der Waals surface area contributed by atoms with E-state index in [1.165, 1.54) is 0 Å². The number of carboxylic acids is 1. The summed E-state index contributed by atoms with van der Waals surface area (Å²) >= 11 is 0. The van der Waals surface area contributed by atoms with Gasteiger partial charge >= 0.3 is 5.97 Å². The van der Waals surface area contributed by atoms with Crippen LogP contribution in [0.4, 0.5) is 0 Å². The minimum atomic E-state index is -0.840. The summed E-state index contributed by atoms with van der Waals surface area (Å²) in [6.45, 7) is 5.15. The minimum Gasteiger partial charge on any atom is -0.481 e. The van der Waals surface area contributed by atoms with Crippen LogP contribution < -0.4 is 5.32 Å². The lowest BCUT2D eigenvalue weighted by atomic mass is 10.2. The number of nitrogens with zero attached hydrogens (tertiary/aromatic N) is 1. The van der Waals surface area contributed by atoms with Gasteiger partial charge < -0.3 is 10.4 Å². The molecule has 0 aromatic heterocycles. The summed E-state index contributed by atoms with van der Waals surface area (Å²) < 4.78 is 0. The van der Waals surface area contributed by atoms with Gasteiger partial charge in [0, 0.05) is 19.1 Å². The highest BCUT2D eigenvalue weighted by molar-refractivity contribution is 5.78. The summed E-state index contributed by atoms with van der Waals surface area (Å²) in [5, 5.41) is 11.6. The third-order valence-electron chi connectivity index (χ3n) is 3.51. The molecule has 5 heteroatoms. The average Bonchev–Trinajstić information content (AvgIpc) is 2.49. The van der Waals surface area contributed by atoms with E-state index in [9.17, 15) is 9.59 Å². The van der Waals surface area contributed by atoms with E-state index in [-0.39, 0.29) is 24.9 Å². The molecule has 0 aliphatic carbocycles. The zero-order chi connectivity index (χ0) is 15.7. The van der Waals surface area contributed by atoms with Gasteiger partial charge in [-0.15, -0.1) is 0 Å². The van der Waals surface area contributed by atoms with Gasteiger partial charge in [-0.05, 0) is 18.9 Å². The minimum absolute atomic E-state index is 0.0519. The summed E-state index contributed by atoms with van der Waals surface area (Å²) in [6.07, 6.45) is 0.932. The van der Waals surface area contributed by atoms with E-state index in [0.29, 0.717) is 13.1 Å². The van der Waals surface area contributed by atoms with Crippen molar-refractivity contribution in [3.05, 3.63) is 35.9 Å². The van der Waals surface area contributed by atoms with Gasteiger partial charge in [-0.1, -0.05) is 37.3 Å². The lowest BCUT2D eigenvalue weighted by molar-refractivity contribution is -0.138. The van der Waals surface area contributed by atoms with Crippen molar-refractivity contribution in [2.24, 2.45) is 0 Å². The van der Waals surface area contributed by atoms with Crippen molar-refractivity contribution < 1.29 is 14.7 Å². The molecule has 1 rings (SSSR count). The fraction of sp³-hybridized carbons (Fsp3) is 0.500. The number of hydrogen-bond donors (Lipinski definition) is 2. The highest BCUT2D eigenvalue weighted by Crippen LogP contribution is 2.04. The van der Waals surface area contributed by atoms with Crippen molar-refractivity contribution in [2.75, 3.05) is 13.1 Å². The van der Waals surface area contributed by atoms with Gasteiger partial charge in [-0.3, -0.25) is 14.5 Å². The van der Waals surface area contributed by atoms with Gasteiger partial charge in [0.25, 0.3) is 0 Å². The van der Waals surface area contributed by atoms with E-state index < -0.39 is 5.97 Å². The maximum absolute atomic E-state index is 12.0.